The molecule has 2 amide bonds. The Balaban J connectivity index is 1.72. The second kappa shape index (κ2) is 13.5. The number of hydrogen-bond donors (Lipinski definition) is 4. The molecule has 0 heterocycles. The zero-order valence-electron chi connectivity index (χ0n) is 19.2. The Kier molecular flexibility index (Phi) is 11.1. The number of rotatable bonds is 12. The summed E-state index contributed by atoms with van der Waals surface area (Å²) in [5.74, 6) is -3.61. The third-order valence-corrected chi connectivity index (χ3v) is 6.29. The summed E-state index contributed by atoms with van der Waals surface area (Å²) in [6, 6.07) is 0.955. The van der Waals surface area contributed by atoms with Gasteiger partial charge in [0.1, 0.15) is 5.82 Å². The molecule has 0 radical (unpaired) electrons. The topological polar surface area (TPSA) is 104 Å². The monoisotopic (exact) mass is 471 g/mol. The molecule has 2 atom stereocenters. The summed E-state index contributed by atoms with van der Waals surface area (Å²) in [4.78, 5) is 24.2. The fourth-order valence-electron chi connectivity index (χ4n) is 4.32. The van der Waals surface area contributed by atoms with Gasteiger partial charge in [-0.15, -0.1) is 0 Å². The Labute approximate surface area is 193 Å². The average Bonchev–Trinajstić information content (AvgIpc) is 2.77. The summed E-state index contributed by atoms with van der Waals surface area (Å²) in [7, 11) is 0. The number of aliphatic hydroxyl groups is 1. The van der Waals surface area contributed by atoms with Gasteiger partial charge >= 0.3 is 0 Å². The molecule has 0 aromatic heterocycles. The van der Waals surface area contributed by atoms with Crippen LogP contribution in [0.5, 0.6) is 0 Å². The Morgan fingerprint density at radius 2 is 1.67 bits per heavy atom. The summed E-state index contributed by atoms with van der Waals surface area (Å²) in [5.41, 5.74) is 6.27. The maximum atomic E-state index is 14.0. The lowest BCUT2D eigenvalue weighted by atomic mass is 9.88. The van der Waals surface area contributed by atoms with Crippen LogP contribution in [0.25, 0.3) is 0 Å². The SMILES string of the molecule is CCCC(CCNC(=O)CCC(=O)NC1CCC(O)CC1)[C@H](N)Cc1cc(F)c(F)cc1F. The number of nitrogens with two attached hydrogens (primary N) is 1. The van der Waals surface area contributed by atoms with Crippen molar-refractivity contribution in [1.82, 2.24) is 10.6 Å². The second-order valence-corrected chi connectivity index (χ2v) is 8.99. The lowest BCUT2D eigenvalue weighted by Gasteiger charge is -2.26. The van der Waals surface area contributed by atoms with Crippen molar-refractivity contribution < 1.29 is 27.9 Å². The highest BCUT2D eigenvalue weighted by atomic mass is 19.2. The number of aliphatic hydroxyl groups excluding tert-OH is 1. The lowest BCUT2D eigenvalue weighted by Crippen LogP contribution is -2.39. The van der Waals surface area contributed by atoms with Crippen LogP contribution in [0.2, 0.25) is 0 Å². The summed E-state index contributed by atoms with van der Waals surface area (Å²) in [6.45, 7) is 2.35. The molecule has 0 aliphatic heterocycles. The normalized spacial score (nSPS) is 20.2. The Morgan fingerprint density at radius 3 is 2.33 bits per heavy atom. The van der Waals surface area contributed by atoms with Crippen LogP contribution in [-0.2, 0) is 16.0 Å². The van der Waals surface area contributed by atoms with Gasteiger partial charge in [-0.2, -0.15) is 0 Å². The van der Waals surface area contributed by atoms with Crippen molar-refractivity contribution in [2.45, 2.75) is 89.3 Å². The van der Waals surface area contributed by atoms with E-state index in [1.807, 2.05) is 6.92 Å². The Bertz CT molecular complexity index is 786. The minimum atomic E-state index is -1.23. The molecule has 9 heteroatoms. The van der Waals surface area contributed by atoms with E-state index in [4.69, 9.17) is 5.73 Å². The minimum Gasteiger partial charge on any atom is -0.393 e. The van der Waals surface area contributed by atoms with Gasteiger partial charge in [0, 0.05) is 37.5 Å². The van der Waals surface area contributed by atoms with Crippen LogP contribution < -0.4 is 16.4 Å². The first-order valence-electron chi connectivity index (χ1n) is 11.8. The van der Waals surface area contributed by atoms with Gasteiger partial charge in [-0.3, -0.25) is 9.59 Å². The molecule has 1 saturated carbocycles. The molecule has 186 valence electrons. The van der Waals surface area contributed by atoms with Crippen molar-refractivity contribution in [2.75, 3.05) is 6.54 Å². The molecule has 0 bridgehead atoms. The predicted molar refractivity (Wildman–Crippen MR) is 120 cm³/mol. The van der Waals surface area contributed by atoms with Crippen LogP contribution in [-0.4, -0.2) is 41.7 Å². The average molecular weight is 472 g/mol. The van der Waals surface area contributed by atoms with Gasteiger partial charge in [-0.05, 0) is 62.5 Å². The molecule has 1 aliphatic rings. The fourth-order valence-corrected chi connectivity index (χ4v) is 4.32. The fraction of sp³-hybridized carbons (Fsp3) is 0.667. The largest absolute Gasteiger partial charge is 0.393 e. The van der Waals surface area contributed by atoms with Gasteiger partial charge in [0.2, 0.25) is 11.8 Å². The highest BCUT2D eigenvalue weighted by molar-refractivity contribution is 5.83. The van der Waals surface area contributed by atoms with Gasteiger partial charge in [-0.1, -0.05) is 13.3 Å². The first kappa shape index (κ1) is 27.1. The molecule has 1 aromatic carbocycles. The van der Waals surface area contributed by atoms with Gasteiger partial charge in [0.25, 0.3) is 0 Å². The third kappa shape index (κ3) is 9.33. The summed E-state index contributed by atoms with van der Waals surface area (Å²) in [6.07, 6.45) is 4.94. The maximum absolute atomic E-state index is 14.0. The van der Waals surface area contributed by atoms with E-state index in [0.717, 1.165) is 31.7 Å². The van der Waals surface area contributed by atoms with Gasteiger partial charge in [0.05, 0.1) is 6.10 Å². The van der Waals surface area contributed by atoms with Crippen LogP contribution in [0.3, 0.4) is 0 Å². The van der Waals surface area contributed by atoms with Crippen molar-refractivity contribution in [1.29, 1.82) is 0 Å². The van der Waals surface area contributed by atoms with Crippen molar-refractivity contribution in [3.63, 3.8) is 0 Å². The van der Waals surface area contributed by atoms with Gasteiger partial charge in [0.15, 0.2) is 11.6 Å². The maximum Gasteiger partial charge on any atom is 0.220 e. The van der Waals surface area contributed by atoms with Crippen molar-refractivity contribution in [3.05, 3.63) is 35.1 Å². The van der Waals surface area contributed by atoms with Crippen LogP contribution in [0.15, 0.2) is 12.1 Å². The number of carbonyl (C=O) groups excluding carboxylic acids is 2. The van der Waals surface area contributed by atoms with Crippen molar-refractivity contribution in [3.8, 4) is 0 Å². The molecule has 2 rings (SSSR count). The van der Waals surface area contributed by atoms with Crippen LogP contribution in [0, 0.1) is 23.4 Å². The quantitative estimate of drug-likeness (QED) is 0.352. The van der Waals surface area contributed by atoms with Gasteiger partial charge < -0.3 is 21.5 Å². The highest BCUT2D eigenvalue weighted by Gasteiger charge is 2.22. The van der Waals surface area contributed by atoms with E-state index in [1.165, 1.54) is 0 Å². The molecule has 1 aromatic rings. The number of nitrogens with one attached hydrogen (secondary N) is 2. The second-order valence-electron chi connectivity index (χ2n) is 8.99. The van der Waals surface area contributed by atoms with Gasteiger partial charge in [-0.25, -0.2) is 13.2 Å². The highest BCUT2D eigenvalue weighted by Crippen LogP contribution is 2.21. The number of hydrogen-bond acceptors (Lipinski definition) is 4. The number of amides is 2. The van der Waals surface area contributed by atoms with Crippen LogP contribution in [0.1, 0.15) is 70.3 Å². The van der Waals surface area contributed by atoms with E-state index in [-0.39, 0.29) is 54.7 Å². The zero-order valence-corrected chi connectivity index (χ0v) is 19.2. The van der Waals surface area contributed by atoms with Crippen LogP contribution in [0.4, 0.5) is 13.2 Å². The van der Waals surface area contributed by atoms with E-state index in [0.29, 0.717) is 31.9 Å². The van der Waals surface area contributed by atoms with E-state index in [9.17, 15) is 27.9 Å². The van der Waals surface area contributed by atoms with E-state index in [2.05, 4.69) is 10.6 Å². The van der Waals surface area contributed by atoms with Crippen LogP contribution >= 0.6 is 0 Å². The molecule has 1 aliphatic carbocycles. The molecule has 0 spiro atoms. The first-order chi connectivity index (χ1) is 15.7. The molecular weight excluding hydrogens is 435 g/mol. The minimum absolute atomic E-state index is 0.0324. The molecule has 0 saturated heterocycles. The molecule has 5 N–H and O–H groups in total. The summed E-state index contributed by atoms with van der Waals surface area (Å²) < 4.78 is 40.6. The molecule has 33 heavy (non-hydrogen) atoms. The predicted octanol–water partition coefficient (Wildman–Crippen LogP) is 3.10. The smallest absolute Gasteiger partial charge is 0.220 e. The Hall–Kier alpha value is -2.13. The first-order valence-corrected chi connectivity index (χ1v) is 11.8. The molecule has 1 unspecified atom stereocenters. The molecule has 6 nitrogen and oxygen atoms in total. The number of halogens is 3. The third-order valence-electron chi connectivity index (χ3n) is 6.29. The molecule has 1 fully saturated rings. The number of carbonyl (C=O) groups is 2. The zero-order chi connectivity index (χ0) is 24.4. The number of benzene rings is 1. The van der Waals surface area contributed by atoms with E-state index < -0.39 is 23.5 Å². The molecular formula is C24H36F3N3O3. The Morgan fingerprint density at radius 1 is 1.03 bits per heavy atom. The lowest BCUT2D eigenvalue weighted by molar-refractivity contribution is -0.127. The van der Waals surface area contributed by atoms with Crippen molar-refractivity contribution >= 4 is 11.8 Å². The van der Waals surface area contributed by atoms with Crippen molar-refractivity contribution in [2.24, 2.45) is 11.7 Å². The summed E-state index contributed by atoms with van der Waals surface area (Å²) >= 11 is 0. The van der Waals surface area contributed by atoms with E-state index in [1.54, 1.807) is 0 Å². The summed E-state index contributed by atoms with van der Waals surface area (Å²) in [5, 5.41) is 15.2. The van der Waals surface area contributed by atoms with E-state index >= 15 is 0 Å². The standard InChI is InChI=1S/C24H36F3N3O3/c1-2-3-15(22(28)13-16-12-20(26)21(27)14-19(16)25)10-11-29-23(32)8-9-24(33)30-17-4-6-18(31)7-5-17/h12,14-15,17-18,22,31H,2-11,13,28H2,1H3,(H,29,32)(H,30,33)/t15?,17?,18?,22-/m1/s1.